The molecule has 4 N–H and O–H groups in total. The lowest BCUT2D eigenvalue weighted by atomic mass is 9.93. The highest BCUT2D eigenvalue weighted by atomic mass is 32.1. The zero-order valence-corrected chi connectivity index (χ0v) is 35.1. The molecule has 11 rings (SSSR count). The topological polar surface area (TPSA) is 143 Å². The molecule has 66 heavy (non-hydrogen) atoms. The second-order valence-electron chi connectivity index (χ2n) is 16.9. The van der Waals surface area contributed by atoms with Crippen molar-refractivity contribution in [1.82, 2.24) is 45.7 Å². The van der Waals surface area contributed by atoms with Gasteiger partial charge >= 0.3 is 6.18 Å². The molecule has 6 heterocycles. The van der Waals surface area contributed by atoms with Crippen LogP contribution in [0, 0.1) is 29.4 Å². The van der Waals surface area contributed by atoms with Crippen LogP contribution in [0.5, 0.6) is 0 Å². The number of alkyl halides is 5. The lowest BCUT2D eigenvalue weighted by Gasteiger charge is -2.23. The summed E-state index contributed by atoms with van der Waals surface area (Å²) in [5.41, 5.74) is 1.83. The van der Waals surface area contributed by atoms with E-state index in [0.29, 0.717) is 49.3 Å². The zero-order valence-electron chi connectivity index (χ0n) is 34.3. The molecule has 2 aliphatic heterocycles. The van der Waals surface area contributed by atoms with Gasteiger partial charge in [-0.05, 0) is 103 Å². The van der Waals surface area contributed by atoms with Gasteiger partial charge in [-0.3, -0.25) is 14.3 Å². The first kappa shape index (κ1) is 41.8. The zero-order chi connectivity index (χ0) is 45.6. The molecule has 2 fully saturated rings. The van der Waals surface area contributed by atoms with E-state index in [4.69, 9.17) is 4.98 Å². The summed E-state index contributed by atoms with van der Waals surface area (Å²) in [5, 5.41) is 12.8. The number of amides is 2. The van der Waals surface area contributed by atoms with E-state index in [2.05, 4.69) is 47.8 Å². The maximum atomic E-state index is 15.5. The summed E-state index contributed by atoms with van der Waals surface area (Å²) in [7, 11) is 0. The van der Waals surface area contributed by atoms with Crippen LogP contribution < -0.4 is 16.0 Å². The van der Waals surface area contributed by atoms with Crippen molar-refractivity contribution in [3.05, 3.63) is 140 Å². The van der Waals surface area contributed by atoms with Gasteiger partial charge in [0.05, 0.1) is 34.4 Å². The fraction of sp³-hybridized carbons (Fsp3) is 0.277. The summed E-state index contributed by atoms with van der Waals surface area (Å²) in [6.07, 6.45) is -1.58. The largest absolute Gasteiger partial charge is 0.435 e. The maximum absolute atomic E-state index is 15.5. The molecule has 0 bridgehead atoms. The van der Waals surface area contributed by atoms with E-state index >= 15 is 8.78 Å². The van der Waals surface area contributed by atoms with Gasteiger partial charge in [0.25, 0.3) is 11.8 Å². The fourth-order valence-corrected chi connectivity index (χ4v) is 10.2. The minimum absolute atomic E-state index is 0.0691. The van der Waals surface area contributed by atoms with Crippen molar-refractivity contribution in [2.75, 3.05) is 6.54 Å². The Hall–Kier alpha value is -6.91. The minimum atomic E-state index is -5.05. The molecule has 4 aliphatic rings. The van der Waals surface area contributed by atoms with E-state index < -0.39 is 71.0 Å². The lowest BCUT2D eigenvalue weighted by Crippen LogP contribution is -2.35. The number of imidazole rings is 1. The maximum Gasteiger partial charge on any atom is 0.435 e. The van der Waals surface area contributed by atoms with E-state index in [0.717, 1.165) is 54.2 Å². The van der Waals surface area contributed by atoms with Crippen LogP contribution in [0.2, 0.25) is 0 Å². The predicted molar refractivity (Wildman–Crippen MR) is 227 cm³/mol. The highest BCUT2D eigenvalue weighted by Crippen LogP contribution is 2.68. The van der Waals surface area contributed by atoms with Crippen LogP contribution in [0.25, 0.3) is 32.7 Å². The van der Waals surface area contributed by atoms with Crippen molar-refractivity contribution in [2.45, 2.75) is 68.9 Å². The first-order valence-corrected chi connectivity index (χ1v) is 21.9. The number of carbonyl (C=O) groups excluding carboxylic acids is 2. The Kier molecular flexibility index (Phi) is 9.89. The van der Waals surface area contributed by atoms with Crippen molar-refractivity contribution in [2.24, 2.45) is 5.92 Å². The average Bonchev–Trinajstić information content (AvgIpc) is 3.92. The summed E-state index contributed by atoms with van der Waals surface area (Å²) in [4.78, 5) is 44.3. The minimum Gasteiger partial charge on any atom is -0.348 e. The summed E-state index contributed by atoms with van der Waals surface area (Å²) < 4.78 is 104. The van der Waals surface area contributed by atoms with Crippen molar-refractivity contribution in [1.29, 1.82) is 0 Å². The van der Waals surface area contributed by atoms with E-state index in [9.17, 15) is 31.5 Å². The highest BCUT2D eigenvalue weighted by molar-refractivity contribution is 7.19. The van der Waals surface area contributed by atoms with Gasteiger partial charge in [0.2, 0.25) is 5.91 Å². The molecule has 0 radical (unpaired) electrons. The molecular weight excluding hydrogens is 888 g/mol. The number of nitrogens with zero attached hydrogens (tertiary/aromatic N) is 5. The van der Waals surface area contributed by atoms with Crippen LogP contribution >= 0.6 is 11.3 Å². The molecule has 0 unspecified atom stereocenters. The van der Waals surface area contributed by atoms with Gasteiger partial charge in [-0.1, -0.05) is 30.2 Å². The van der Waals surface area contributed by atoms with Gasteiger partial charge in [0, 0.05) is 40.8 Å². The van der Waals surface area contributed by atoms with Crippen molar-refractivity contribution < 1.29 is 40.3 Å². The molecule has 2 amide bonds. The third kappa shape index (κ3) is 7.56. The van der Waals surface area contributed by atoms with E-state index in [1.165, 1.54) is 11.3 Å². The summed E-state index contributed by atoms with van der Waals surface area (Å²) in [6.45, 7) is 0.226. The second kappa shape index (κ2) is 15.6. The SMILES string of the molecule is O=C(Cn1nc(C(F)(F)F)c2c1C(F)(F)[C@@H]1C[C@H]21)N[C@@H](Cc1cc(F)cc(F)c1)c1nc2nc(C#Cc3ccc(-c4cnc([C@@H]5CCCN5)[nH]4)cc3)sc2cc1-c1ccc2c(c1)C(=O)NC2. The number of aromatic nitrogens is 6. The number of fused-ring (bicyclic) bond motifs is 5. The monoisotopic (exact) mass is 921 g/mol. The predicted octanol–water partition coefficient (Wildman–Crippen LogP) is 8.62. The fourth-order valence-electron chi connectivity index (χ4n) is 9.39. The highest BCUT2D eigenvalue weighted by Gasteiger charge is 2.68. The molecule has 334 valence electrons. The molecule has 19 heteroatoms. The summed E-state index contributed by atoms with van der Waals surface area (Å²) in [6, 6.07) is 16.2. The number of aromatic amines is 1. The van der Waals surface area contributed by atoms with Crippen LogP contribution in [0.15, 0.2) is 72.9 Å². The number of rotatable bonds is 9. The molecule has 4 atom stereocenters. The average molecular weight is 922 g/mol. The number of H-pyrrole nitrogens is 1. The Morgan fingerprint density at radius 3 is 2.53 bits per heavy atom. The number of benzene rings is 3. The Morgan fingerprint density at radius 1 is 0.985 bits per heavy atom. The molecule has 1 saturated heterocycles. The molecule has 2 aliphatic carbocycles. The number of thiazole rings is 1. The Morgan fingerprint density at radius 2 is 1.77 bits per heavy atom. The lowest BCUT2D eigenvalue weighted by molar-refractivity contribution is -0.142. The van der Waals surface area contributed by atoms with E-state index in [1.807, 2.05) is 24.3 Å². The summed E-state index contributed by atoms with van der Waals surface area (Å²) >= 11 is 1.22. The molecule has 11 nitrogen and oxygen atoms in total. The summed E-state index contributed by atoms with van der Waals surface area (Å²) in [5.74, 6) is -2.07. The van der Waals surface area contributed by atoms with Gasteiger partial charge in [-0.2, -0.15) is 27.1 Å². The molecule has 1 saturated carbocycles. The molecule has 7 aromatic rings. The molecule has 4 aromatic heterocycles. The van der Waals surface area contributed by atoms with Crippen LogP contribution in [0.1, 0.15) is 97.8 Å². The van der Waals surface area contributed by atoms with Crippen LogP contribution in [-0.4, -0.2) is 48.1 Å². The quantitative estimate of drug-likeness (QED) is 0.0840. The number of carbonyl (C=O) groups is 2. The Bertz CT molecular complexity index is 3180. The normalized spacial score (nSPS) is 19.5. The smallest absolute Gasteiger partial charge is 0.348 e. The van der Waals surface area contributed by atoms with Crippen molar-refractivity contribution in [3.8, 4) is 34.2 Å². The first-order valence-electron chi connectivity index (χ1n) is 21.1. The molecule has 3 aromatic carbocycles. The second-order valence-corrected chi connectivity index (χ2v) is 17.9. The van der Waals surface area contributed by atoms with Crippen LogP contribution in [0.3, 0.4) is 0 Å². The number of halogens is 7. The molecular formula is C47H34F7N9O2S. The van der Waals surface area contributed by atoms with Crippen molar-refractivity contribution in [3.63, 3.8) is 0 Å². The number of hydrogen-bond donors (Lipinski definition) is 4. The third-order valence-corrected chi connectivity index (χ3v) is 13.4. The number of hydrogen-bond acceptors (Lipinski definition) is 8. The number of nitrogens with one attached hydrogen (secondary N) is 4. The van der Waals surface area contributed by atoms with E-state index in [-0.39, 0.29) is 41.7 Å². The van der Waals surface area contributed by atoms with Gasteiger partial charge in [0.1, 0.15) is 29.7 Å². The van der Waals surface area contributed by atoms with Crippen LogP contribution in [-0.2, 0) is 36.4 Å². The van der Waals surface area contributed by atoms with Gasteiger partial charge in [-0.15, -0.1) is 11.3 Å². The first-order chi connectivity index (χ1) is 31.7. The standard InChI is InChI=1S/C47H34F7N9O2S/c48-27-12-23(13-28(49)16-27)14-34(58-37(64)21-63-42-39(41(62-63)47(52,53)54)31-17-32(31)46(42,50)51)40-29(25-8-9-26-19-57-45(65)30(26)15-25)18-36-44(61-40)60-38(66-36)10-5-22-3-6-24(7-4-22)35-20-56-43(59-35)33-2-1-11-55-33/h3-4,6-9,12-13,15-16,18,20,31-34,55H,1-2,11,14,17,19,21H2,(H,56,59)(H,57,65)(H,58,64)/t31-,32+,33-,34-/m0/s1. The Labute approximate surface area is 374 Å². The van der Waals surface area contributed by atoms with E-state index in [1.54, 1.807) is 30.5 Å². The van der Waals surface area contributed by atoms with Crippen LogP contribution in [0.4, 0.5) is 30.7 Å². The molecule has 0 spiro atoms. The van der Waals surface area contributed by atoms with Gasteiger partial charge < -0.3 is 20.9 Å². The van der Waals surface area contributed by atoms with Gasteiger partial charge in [0.15, 0.2) is 16.3 Å². The number of pyridine rings is 1. The van der Waals surface area contributed by atoms with Crippen molar-refractivity contribution >= 4 is 33.5 Å². The van der Waals surface area contributed by atoms with Gasteiger partial charge in [-0.25, -0.2) is 23.7 Å². The third-order valence-electron chi connectivity index (χ3n) is 12.5. The Balaban J connectivity index is 0.959.